The van der Waals surface area contributed by atoms with Gasteiger partial charge in [-0.2, -0.15) is 13.2 Å². The molecule has 1 aliphatic heterocycles. The molecular formula is C21H21ClF3N5O. The van der Waals surface area contributed by atoms with Gasteiger partial charge in [0.1, 0.15) is 5.82 Å². The van der Waals surface area contributed by atoms with Crippen LogP contribution < -0.4 is 11.1 Å². The van der Waals surface area contributed by atoms with E-state index in [4.69, 9.17) is 17.3 Å². The van der Waals surface area contributed by atoms with Crippen molar-refractivity contribution in [1.29, 1.82) is 0 Å². The first-order chi connectivity index (χ1) is 14.6. The monoisotopic (exact) mass is 451 g/mol. The minimum Gasteiger partial charge on any atom is -0.402 e. The number of carbonyl (C=O) groups is 1. The van der Waals surface area contributed by atoms with Gasteiger partial charge in [0.15, 0.2) is 0 Å². The van der Waals surface area contributed by atoms with Gasteiger partial charge in [-0.3, -0.25) is 10.3 Å². The van der Waals surface area contributed by atoms with Crippen LogP contribution in [-0.4, -0.2) is 34.0 Å². The molecule has 3 N–H and O–H groups in total. The Kier molecular flexibility index (Phi) is 6.54. The highest BCUT2D eigenvalue weighted by Crippen LogP contribution is 2.31. The fraction of sp³-hybridized carbons (Fsp3) is 0.286. The van der Waals surface area contributed by atoms with Crippen molar-refractivity contribution in [3.8, 4) is 0 Å². The van der Waals surface area contributed by atoms with Gasteiger partial charge in [0, 0.05) is 37.1 Å². The molecular weight excluding hydrogens is 431 g/mol. The highest BCUT2D eigenvalue weighted by molar-refractivity contribution is 6.32. The number of nitrogens with one attached hydrogen (secondary N) is 1. The van der Waals surface area contributed by atoms with Gasteiger partial charge in [-0.1, -0.05) is 31.2 Å². The lowest BCUT2D eigenvalue weighted by atomic mass is 9.98. The molecule has 0 saturated carbocycles. The van der Waals surface area contributed by atoms with E-state index in [2.05, 4.69) is 21.9 Å². The lowest BCUT2D eigenvalue weighted by Crippen LogP contribution is -2.38. The summed E-state index contributed by atoms with van der Waals surface area (Å²) in [5, 5.41) is 2.99. The third-order valence-electron chi connectivity index (χ3n) is 5.04. The van der Waals surface area contributed by atoms with E-state index in [1.54, 1.807) is 6.20 Å². The summed E-state index contributed by atoms with van der Waals surface area (Å²) in [6.07, 6.45) is 0.289. The van der Waals surface area contributed by atoms with Crippen molar-refractivity contribution in [2.24, 2.45) is 5.73 Å². The molecule has 0 bridgehead atoms. The van der Waals surface area contributed by atoms with Crippen LogP contribution in [0.4, 0.5) is 23.8 Å². The minimum atomic E-state index is -4.48. The lowest BCUT2D eigenvalue weighted by molar-refractivity contribution is -0.137. The molecule has 10 heteroatoms. The Balaban J connectivity index is 1.64. The van der Waals surface area contributed by atoms with Crippen LogP contribution >= 0.6 is 11.6 Å². The van der Waals surface area contributed by atoms with Gasteiger partial charge < -0.3 is 10.6 Å². The average Bonchev–Trinajstić information content (AvgIpc) is 2.73. The number of allylic oxidation sites excluding steroid dienone is 1. The zero-order valence-electron chi connectivity index (χ0n) is 16.7. The van der Waals surface area contributed by atoms with E-state index in [0.29, 0.717) is 42.1 Å². The number of nitrogens with two attached hydrogens (primary N) is 1. The van der Waals surface area contributed by atoms with E-state index in [1.807, 2.05) is 19.1 Å². The minimum absolute atomic E-state index is 0.0451. The average molecular weight is 452 g/mol. The molecule has 0 aliphatic carbocycles. The number of urea groups is 1. The SMILES string of the molecule is C=C(N)C(C)c1cnc(C2=CCN(C(=O)Nc3ccc(C(F)(F)F)cn3)CC2)c(Cl)c1. The van der Waals surface area contributed by atoms with Gasteiger partial charge in [-0.15, -0.1) is 0 Å². The van der Waals surface area contributed by atoms with Crippen molar-refractivity contribution in [3.05, 3.63) is 70.8 Å². The summed E-state index contributed by atoms with van der Waals surface area (Å²) in [7, 11) is 0. The van der Waals surface area contributed by atoms with Crippen LogP contribution in [0.15, 0.2) is 48.9 Å². The van der Waals surface area contributed by atoms with Crippen LogP contribution in [0.3, 0.4) is 0 Å². The molecule has 2 aromatic heterocycles. The van der Waals surface area contributed by atoms with Crippen LogP contribution in [0.25, 0.3) is 5.57 Å². The zero-order valence-corrected chi connectivity index (χ0v) is 17.5. The number of rotatable bonds is 4. The summed E-state index contributed by atoms with van der Waals surface area (Å²) in [5.74, 6) is -0.0268. The molecule has 0 spiro atoms. The number of carbonyl (C=O) groups excluding carboxylic acids is 1. The van der Waals surface area contributed by atoms with Crippen molar-refractivity contribution in [2.75, 3.05) is 18.4 Å². The fourth-order valence-corrected chi connectivity index (χ4v) is 3.33. The van der Waals surface area contributed by atoms with Gasteiger partial charge in [-0.05, 0) is 35.8 Å². The topological polar surface area (TPSA) is 84.1 Å². The molecule has 3 rings (SSSR count). The van der Waals surface area contributed by atoms with Crippen LogP contribution in [0.1, 0.15) is 36.1 Å². The molecule has 1 aliphatic rings. The second-order valence-corrected chi connectivity index (χ2v) is 7.59. The van der Waals surface area contributed by atoms with E-state index in [-0.39, 0.29) is 11.7 Å². The maximum Gasteiger partial charge on any atom is 0.417 e. The van der Waals surface area contributed by atoms with Crippen molar-refractivity contribution in [1.82, 2.24) is 14.9 Å². The number of hydrogen-bond donors (Lipinski definition) is 2. The zero-order chi connectivity index (χ0) is 22.8. The Bertz CT molecular complexity index is 1020. The molecule has 164 valence electrons. The quantitative estimate of drug-likeness (QED) is 0.681. The number of pyridine rings is 2. The predicted octanol–water partition coefficient (Wildman–Crippen LogP) is 5.05. The Morgan fingerprint density at radius 2 is 2.06 bits per heavy atom. The van der Waals surface area contributed by atoms with Crippen LogP contribution in [-0.2, 0) is 6.18 Å². The summed E-state index contributed by atoms with van der Waals surface area (Å²) < 4.78 is 37.8. The lowest BCUT2D eigenvalue weighted by Gasteiger charge is -2.26. The number of hydrogen-bond acceptors (Lipinski definition) is 4. The van der Waals surface area contributed by atoms with Gasteiger partial charge in [0.2, 0.25) is 0 Å². The molecule has 0 aromatic carbocycles. The van der Waals surface area contributed by atoms with Crippen LogP contribution in [0.2, 0.25) is 5.02 Å². The highest BCUT2D eigenvalue weighted by atomic mass is 35.5. The van der Waals surface area contributed by atoms with Gasteiger partial charge >= 0.3 is 12.2 Å². The second-order valence-electron chi connectivity index (χ2n) is 7.18. The molecule has 0 radical (unpaired) electrons. The molecule has 1 unspecified atom stereocenters. The molecule has 0 saturated heterocycles. The third kappa shape index (κ3) is 5.35. The first kappa shape index (κ1) is 22.6. The number of anilines is 1. The van der Waals surface area contributed by atoms with Crippen molar-refractivity contribution >= 4 is 29.0 Å². The summed E-state index contributed by atoms with van der Waals surface area (Å²) in [5.41, 5.74) is 7.81. The van der Waals surface area contributed by atoms with E-state index < -0.39 is 17.8 Å². The highest BCUT2D eigenvalue weighted by Gasteiger charge is 2.30. The first-order valence-electron chi connectivity index (χ1n) is 9.44. The number of halogens is 4. The standard InChI is InChI=1S/C21H21ClF3N5O/c1-12(13(2)26)15-9-17(22)19(28-10-15)14-5-7-30(8-6-14)20(31)29-18-4-3-16(11-27-18)21(23,24)25/h3-5,9-12H,2,6-8,26H2,1H3,(H,27,29,31). The molecule has 2 amide bonds. The molecule has 1 atom stereocenters. The number of aromatic nitrogens is 2. The van der Waals surface area contributed by atoms with Crippen LogP contribution in [0.5, 0.6) is 0 Å². The molecule has 0 fully saturated rings. The maximum absolute atomic E-state index is 12.6. The van der Waals surface area contributed by atoms with E-state index >= 15 is 0 Å². The number of alkyl halides is 3. The Morgan fingerprint density at radius 1 is 1.32 bits per heavy atom. The maximum atomic E-state index is 12.6. The van der Waals surface area contributed by atoms with Gasteiger partial charge in [-0.25, -0.2) is 9.78 Å². The van der Waals surface area contributed by atoms with Gasteiger partial charge in [0.05, 0.1) is 16.3 Å². The normalized spacial score (nSPS) is 15.3. The molecule has 31 heavy (non-hydrogen) atoms. The van der Waals surface area contributed by atoms with E-state index in [0.717, 1.165) is 23.3 Å². The molecule has 2 aromatic rings. The summed E-state index contributed by atoms with van der Waals surface area (Å²) in [4.78, 5) is 22.0. The number of nitrogens with zero attached hydrogens (tertiary/aromatic N) is 3. The number of amides is 2. The third-order valence-corrected chi connectivity index (χ3v) is 5.33. The van der Waals surface area contributed by atoms with E-state index in [1.165, 1.54) is 4.90 Å². The Morgan fingerprint density at radius 3 is 2.58 bits per heavy atom. The fourth-order valence-electron chi connectivity index (χ4n) is 3.03. The predicted molar refractivity (Wildman–Crippen MR) is 113 cm³/mol. The van der Waals surface area contributed by atoms with Crippen LogP contribution in [0, 0.1) is 0 Å². The van der Waals surface area contributed by atoms with Crippen molar-refractivity contribution in [2.45, 2.75) is 25.4 Å². The van der Waals surface area contributed by atoms with Crippen molar-refractivity contribution < 1.29 is 18.0 Å². The Labute approximate surface area is 182 Å². The second kappa shape index (κ2) is 8.97. The Hall–Kier alpha value is -3.07. The molecule has 3 heterocycles. The first-order valence-corrected chi connectivity index (χ1v) is 9.82. The largest absolute Gasteiger partial charge is 0.417 e. The summed E-state index contributed by atoms with van der Waals surface area (Å²) in [6, 6.07) is 3.35. The summed E-state index contributed by atoms with van der Waals surface area (Å²) >= 11 is 6.41. The smallest absolute Gasteiger partial charge is 0.402 e. The van der Waals surface area contributed by atoms with Crippen molar-refractivity contribution in [3.63, 3.8) is 0 Å². The molecule has 6 nitrogen and oxygen atoms in total. The van der Waals surface area contributed by atoms with Gasteiger partial charge in [0.25, 0.3) is 0 Å². The summed E-state index contributed by atoms with van der Waals surface area (Å²) in [6.45, 7) is 6.35. The van der Waals surface area contributed by atoms with E-state index in [9.17, 15) is 18.0 Å².